The second kappa shape index (κ2) is 7.00. The van der Waals surface area contributed by atoms with Gasteiger partial charge in [0.05, 0.1) is 5.56 Å². The lowest BCUT2D eigenvalue weighted by atomic mass is 10.00. The van der Waals surface area contributed by atoms with E-state index in [0.29, 0.717) is 18.5 Å². The Morgan fingerprint density at radius 3 is 2.39 bits per heavy atom. The molecule has 0 spiro atoms. The maximum Gasteiger partial charge on any atom is 0.354 e. The lowest BCUT2D eigenvalue weighted by Crippen LogP contribution is -2.07. The molecule has 0 radical (unpaired) electrons. The summed E-state index contributed by atoms with van der Waals surface area (Å²) in [6.45, 7) is 3.98. The summed E-state index contributed by atoms with van der Waals surface area (Å²) in [7, 11) is 0. The van der Waals surface area contributed by atoms with Crippen LogP contribution in [0, 0.1) is 0 Å². The first kappa shape index (κ1) is 16.6. The molecule has 120 valence electrons. The third-order valence-electron chi connectivity index (χ3n) is 3.50. The standard InChI is InChI=1S/C17H18N2O4/c1-10(2)12-6-14(19-15(7-12)17(22)23)4-3-11-5-13(16(20)21)9-18-8-11/h5-10H,3-4H2,1-2H3,(H,20,21)(H,22,23). The van der Waals surface area contributed by atoms with Gasteiger partial charge in [0.15, 0.2) is 0 Å². The van der Waals surface area contributed by atoms with Crippen molar-refractivity contribution in [1.29, 1.82) is 0 Å². The molecule has 0 bridgehead atoms. The van der Waals surface area contributed by atoms with Crippen LogP contribution in [0.3, 0.4) is 0 Å². The van der Waals surface area contributed by atoms with Gasteiger partial charge in [-0.1, -0.05) is 13.8 Å². The third-order valence-corrected chi connectivity index (χ3v) is 3.50. The number of aromatic nitrogens is 2. The molecule has 0 fully saturated rings. The van der Waals surface area contributed by atoms with Gasteiger partial charge in [0.1, 0.15) is 5.69 Å². The van der Waals surface area contributed by atoms with Crippen molar-refractivity contribution in [1.82, 2.24) is 9.97 Å². The van der Waals surface area contributed by atoms with Crippen LogP contribution in [0.4, 0.5) is 0 Å². The highest BCUT2D eigenvalue weighted by atomic mass is 16.4. The van der Waals surface area contributed by atoms with Crippen LogP contribution in [0.25, 0.3) is 0 Å². The van der Waals surface area contributed by atoms with E-state index >= 15 is 0 Å². The smallest absolute Gasteiger partial charge is 0.354 e. The number of pyridine rings is 2. The molecule has 6 heteroatoms. The molecule has 2 N–H and O–H groups in total. The van der Waals surface area contributed by atoms with Gasteiger partial charge >= 0.3 is 11.9 Å². The first-order chi connectivity index (χ1) is 10.9. The molecule has 0 unspecified atom stereocenters. The van der Waals surface area contributed by atoms with Crippen molar-refractivity contribution in [3.05, 3.63) is 58.7 Å². The molecule has 23 heavy (non-hydrogen) atoms. The quantitative estimate of drug-likeness (QED) is 0.850. The Balaban J connectivity index is 2.21. The third kappa shape index (κ3) is 4.35. The van der Waals surface area contributed by atoms with Crippen LogP contribution < -0.4 is 0 Å². The fourth-order valence-corrected chi connectivity index (χ4v) is 2.20. The molecule has 2 heterocycles. The number of hydrogen-bond acceptors (Lipinski definition) is 4. The summed E-state index contributed by atoms with van der Waals surface area (Å²) in [5.41, 5.74) is 2.54. The number of carbonyl (C=O) groups is 2. The maximum absolute atomic E-state index is 11.2. The van der Waals surface area contributed by atoms with E-state index < -0.39 is 11.9 Å². The highest BCUT2D eigenvalue weighted by Crippen LogP contribution is 2.18. The summed E-state index contributed by atoms with van der Waals surface area (Å²) in [6, 6.07) is 5.05. The topological polar surface area (TPSA) is 100 Å². The fourth-order valence-electron chi connectivity index (χ4n) is 2.20. The zero-order valence-electron chi connectivity index (χ0n) is 13.0. The predicted molar refractivity (Wildman–Crippen MR) is 83.9 cm³/mol. The molecular weight excluding hydrogens is 296 g/mol. The maximum atomic E-state index is 11.2. The van der Waals surface area contributed by atoms with Gasteiger partial charge in [0.2, 0.25) is 0 Å². The Morgan fingerprint density at radius 2 is 1.78 bits per heavy atom. The Hall–Kier alpha value is -2.76. The highest BCUT2D eigenvalue weighted by Gasteiger charge is 2.11. The molecule has 0 aromatic carbocycles. The van der Waals surface area contributed by atoms with Crippen LogP contribution in [0.2, 0.25) is 0 Å². The average Bonchev–Trinajstić information content (AvgIpc) is 2.52. The summed E-state index contributed by atoms with van der Waals surface area (Å²) in [5, 5.41) is 18.1. The van der Waals surface area contributed by atoms with Gasteiger partial charge in [-0.15, -0.1) is 0 Å². The van der Waals surface area contributed by atoms with Crippen molar-refractivity contribution < 1.29 is 19.8 Å². The van der Waals surface area contributed by atoms with Crippen molar-refractivity contribution in [3.63, 3.8) is 0 Å². The van der Waals surface area contributed by atoms with Crippen LogP contribution in [0.5, 0.6) is 0 Å². The van der Waals surface area contributed by atoms with Crippen molar-refractivity contribution in [3.8, 4) is 0 Å². The van der Waals surface area contributed by atoms with Crippen LogP contribution in [-0.2, 0) is 12.8 Å². The number of nitrogens with zero attached hydrogens (tertiary/aromatic N) is 2. The minimum Gasteiger partial charge on any atom is -0.478 e. The number of aromatic carboxylic acids is 2. The number of carboxylic acid groups (broad SMARTS) is 2. The normalized spacial score (nSPS) is 10.7. The van der Waals surface area contributed by atoms with Crippen molar-refractivity contribution in [2.75, 3.05) is 0 Å². The van der Waals surface area contributed by atoms with Gasteiger partial charge in [0.25, 0.3) is 0 Å². The van der Waals surface area contributed by atoms with E-state index in [1.54, 1.807) is 18.3 Å². The molecule has 0 aliphatic carbocycles. The van der Waals surface area contributed by atoms with Crippen LogP contribution in [-0.4, -0.2) is 32.1 Å². The largest absolute Gasteiger partial charge is 0.478 e. The van der Waals surface area contributed by atoms with Crippen molar-refractivity contribution >= 4 is 11.9 Å². The highest BCUT2D eigenvalue weighted by molar-refractivity contribution is 5.87. The molecule has 0 aliphatic rings. The Bertz CT molecular complexity index is 741. The molecule has 6 nitrogen and oxygen atoms in total. The van der Waals surface area contributed by atoms with E-state index in [1.165, 1.54) is 6.20 Å². The molecular formula is C17H18N2O4. The van der Waals surface area contributed by atoms with E-state index in [2.05, 4.69) is 9.97 Å². The molecule has 0 atom stereocenters. The minimum atomic E-state index is -1.05. The molecule has 0 saturated carbocycles. The first-order valence-electron chi connectivity index (χ1n) is 7.28. The number of rotatable bonds is 6. The van der Waals surface area contributed by atoms with Crippen LogP contribution in [0.1, 0.15) is 57.4 Å². The van der Waals surface area contributed by atoms with Crippen molar-refractivity contribution in [2.45, 2.75) is 32.6 Å². The van der Waals surface area contributed by atoms with Gasteiger partial charge in [-0.25, -0.2) is 14.6 Å². The van der Waals surface area contributed by atoms with E-state index in [-0.39, 0.29) is 17.2 Å². The van der Waals surface area contributed by atoms with Gasteiger partial charge in [-0.05, 0) is 48.1 Å². The summed E-state index contributed by atoms with van der Waals surface area (Å²) < 4.78 is 0. The number of carboxylic acids is 2. The summed E-state index contributed by atoms with van der Waals surface area (Å²) >= 11 is 0. The number of aryl methyl sites for hydroxylation is 2. The first-order valence-corrected chi connectivity index (χ1v) is 7.28. The molecule has 0 aliphatic heterocycles. The lowest BCUT2D eigenvalue weighted by molar-refractivity contribution is 0.0682. The SMILES string of the molecule is CC(C)c1cc(CCc2cncc(C(=O)O)c2)nc(C(=O)O)c1. The average molecular weight is 314 g/mol. The second-order valence-electron chi connectivity index (χ2n) is 5.62. The van der Waals surface area contributed by atoms with Gasteiger partial charge in [-0.3, -0.25) is 4.98 Å². The molecule has 0 amide bonds. The fraction of sp³-hybridized carbons (Fsp3) is 0.294. The lowest BCUT2D eigenvalue weighted by Gasteiger charge is -2.10. The Labute approximate surface area is 133 Å². The molecule has 2 rings (SSSR count). The van der Waals surface area contributed by atoms with Crippen LogP contribution >= 0.6 is 0 Å². The van der Waals surface area contributed by atoms with E-state index in [0.717, 1.165) is 11.1 Å². The van der Waals surface area contributed by atoms with Crippen molar-refractivity contribution in [2.24, 2.45) is 0 Å². The predicted octanol–water partition coefficient (Wildman–Crippen LogP) is 2.78. The Kier molecular flexibility index (Phi) is 5.05. The van der Waals surface area contributed by atoms with Crippen LogP contribution in [0.15, 0.2) is 30.6 Å². The van der Waals surface area contributed by atoms with E-state index in [9.17, 15) is 9.59 Å². The second-order valence-corrected chi connectivity index (χ2v) is 5.62. The van der Waals surface area contributed by atoms with E-state index in [4.69, 9.17) is 10.2 Å². The molecule has 2 aromatic rings. The van der Waals surface area contributed by atoms with Gasteiger partial charge < -0.3 is 10.2 Å². The summed E-state index contributed by atoms with van der Waals surface area (Å²) in [6.07, 6.45) is 3.97. The number of hydrogen-bond donors (Lipinski definition) is 2. The monoisotopic (exact) mass is 314 g/mol. The molecule has 2 aromatic heterocycles. The molecule has 0 saturated heterocycles. The van der Waals surface area contributed by atoms with E-state index in [1.807, 2.05) is 19.9 Å². The zero-order chi connectivity index (χ0) is 17.0. The minimum absolute atomic E-state index is 0.0311. The summed E-state index contributed by atoms with van der Waals surface area (Å²) in [5.74, 6) is -1.87. The summed E-state index contributed by atoms with van der Waals surface area (Å²) in [4.78, 5) is 30.2. The Morgan fingerprint density at radius 1 is 1.04 bits per heavy atom. The van der Waals surface area contributed by atoms with Gasteiger partial charge in [0, 0.05) is 18.1 Å². The van der Waals surface area contributed by atoms with Gasteiger partial charge in [-0.2, -0.15) is 0 Å². The zero-order valence-corrected chi connectivity index (χ0v) is 13.0.